The number of aliphatic carboxylic acids is 2. The van der Waals surface area contributed by atoms with Crippen molar-refractivity contribution >= 4 is 22.8 Å². The Kier molecular flexibility index (Phi) is 6.46. The van der Waals surface area contributed by atoms with E-state index in [0.29, 0.717) is 0 Å². The lowest BCUT2D eigenvalue weighted by molar-refractivity contribution is -0.152. The molecule has 0 amide bonds. The van der Waals surface area contributed by atoms with Crippen molar-refractivity contribution in [3.63, 3.8) is 0 Å². The first-order chi connectivity index (χ1) is 14.4. The second kappa shape index (κ2) is 9.39. The van der Waals surface area contributed by atoms with E-state index >= 15 is 0 Å². The molecule has 4 rings (SSSR count). The topological polar surface area (TPSA) is 138 Å². The van der Waals surface area contributed by atoms with Gasteiger partial charge in [-0.25, -0.2) is 19.7 Å². The van der Waals surface area contributed by atoms with E-state index in [1.54, 1.807) is 12.5 Å². The molecule has 0 spiro atoms. The number of aromatic nitrogens is 4. The smallest absolute Gasteiger partial charge is 0.333 e. The van der Waals surface area contributed by atoms with Gasteiger partial charge in [-0.2, -0.15) is 0 Å². The average Bonchev–Trinajstić information content (AvgIpc) is 3.28. The van der Waals surface area contributed by atoms with Crippen molar-refractivity contribution in [2.24, 2.45) is 0 Å². The zero-order valence-corrected chi connectivity index (χ0v) is 15.7. The third-order valence-electron chi connectivity index (χ3n) is 4.05. The van der Waals surface area contributed by atoms with Gasteiger partial charge in [-0.05, 0) is 18.2 Å². The third kappa shape index (κ3) is 5.24. The number of fused-ring (bicyclic) bond motifs is 1. The summed E-state index contributed by atoms with van der Waals surface area (Å²) in [5.74, 6) is -2.10. The zero-order chi connectivity index (χ0) is 21.5. The first-order valence-corrected chi connectivity index (χ1v) is 8.87. The lowest BCUT2D eigenvalue weighted by Gasteiger charge is -2.05. The highest BCUT2D eigenvalue weighted by Gasteiger charge is 2.16. The quantitative estimate of drug-likeness (QED) is 0.459. The highest BCUT2D eigenvalue weighted by molar-refractivity contribution is 5.81. The lowest BCUT2D eigenvalue weighted by Crippen LogP contribution is -2.22. The maximum Gasteiger partial charge on any atom is 0.333 e. The standard InChI is InChI=1S/C17H12N4.C4H6O5/c1-2-4-13(5-3-1)17-19-11-14-10-15(6-7-16(14)20-17)21-9-8-18-12-21;5-2(4(8)9)1-3(6)7/h1-12H;2,5H,1H2,(H,6,7)(H,8,9). The van der Waals surface area contributed by atoms with Crippen molar-refractivity contribution in [1.82, 2.24) is 19.5 Å². The van der Waals surface area contributed by atoms with Gasteiger partial charge in [-0.1, -0.05) is 30.3 Å². The van der Waals surface area contributed by atoms with Gasteiger partial charge < -0.3 is 19.9 Å². The number of rotatable bonds is 5. The van der Waals surface area contributed by atoms with Crippen LogP contribution in [-0.2, 0) is 9.59 Å². The average molecular weight is 406 g/mol. The van der Waals surface area contributed by atoms with Crippen LogP contribution in [0.1, 0.15) is 6.42 Å². The Morgan fingerprint density at radius 3 is 2.43 bits per heavy atom. The minimum atomic E-state index is -1.79. The minimum Gasteiger partial charge on any atom is -0.481 e. The Hall–Kier alpha value is -4.11. The van der Waals surface area contributed by atoms with E-state index in [1.807, 2.05) is 59.4 Å². The fraction of sp³-hybridized carbons (Fsp3) is 0.0952. The summed E-state index contributed by atoms with van der Waals surface area (Å²) in [6.45, 7) is 0. The highest BCUT2D eigenvalue weighted by Crippen LogP contribution is 2.20. The number of nitrogens with zero attached hydrogens (tertiary/aromatic N) is 4. The maximum absolute atomic E-state index is 9.72. The molecule has 0 aliphatic carbocycles. The summed E-state index contributed by atoms with van der Waals surface area (Å²) in [6.07, 6.45) is 4.78. The molecule has 30 heavy (non-hydrogen) atoms. The Labute approximate surface area is 170 Å². The van der Waals surface area contributed by atoms with E-state index in [1.165, 1.54) is 0 Å². The van der Waals surface area contributed by atoms with Crippen LogP contribution in [0.4, 0.5) is 0 Å². The van der Waals surface area contributed by atoms with Gasteiger partial charge in [0.2, 0.25) is 0 Å². The van der Waals surface area contributed by atoms with Crippen LogP contribution in [0, 0.1) is 0 Å². The molecule has 1 atom stereocenters. The van der Waals surface area contributed by atoms with Gasteiger partial charge in [-0.3, -0.25) is 4.79 Å². The number of hydrogen-bond donors (Lipinski definition) is 3. The molecule has 3 N–H and O–H groups in total. The molecule has 2 aromatic heterocycles. The number of aliphatic hydroxyl groups excluding tert-OH is 1. The van der Waals surface area contributed by atoms with Crippen molar-refractivity contribution < 1.29 is 24.9 Å². The molecular weight excluding hydrogens is 388 g/mol. The van der Waals surface area contributed by atoms with Crippen LogP contribution < -0.4 is 0 Å². The van der Waals surface area contributed by atoms with Gasteiger partial charge in [0.1, 0.15) is 0 Å². The first-order valence-electron chi connectivity index (χ1n) is 8.87. The first kappa shape index (κ1) is 20.6. The molecule has 0 aliphatic rings. The normalized spacial score (nSPS) is 11.4. The molecule has 0 bridgehead atoms. The molecule has 9 heteroatoms. The number of carboxylic acid groups (broad SMARTS) is 2. The lowest BCUT2D eigenvalue weighted by atomic mass is 10.2. The maximum atomic E-state index is 9.72. The van der Waals surface area contributed by atoms with Crippen molar-refractivity contribution in [3.8, 4) is 17.1 Å². The number of benzene rings is 2. The predicted molar refractivity (Wildman–Crippen MR) is 108 cm³/mol. The van der Waals surface area contributed by atoms with Crippen LogP contribution in [0.15, 0.2) is 73.4 Å². The Balaban J connectivity index is 0.000000244. The minimum absolute atomic E-state index is 0.749. The van der Waals surface area contributed by atoms with Crippen LogP contribution in [0.25, 0.3) is 28.0 Å². The Morgan fingerprint density at radius 1 is 1.07 bits per heavy atom. The summed E-state index contributed by atoms with van der Waals surface area (Å²) in [5.41, 5.74) is 3.02. The summed E-state index contributed by atoms with van der Waals surface area (Å²) >= 11 is 0. The molecule has 0 saturated heterocycles. The number of carbonyl (C=O) groups is 2. The predicted octanol–water partition coefficient (Wildman–Crippen LogP) is 2.39. The van der Waals surface area contributed by atoms with E-state index in [-0.39, 0.29) is 0 Å². The molecule has 0 radical (unpaired) electrons. The summed E-state index contributed by atoms with van der Waals surface area (Å²) in [4.78, 5) is 32.6. The van der Waals surface area contributed by atoms with E-state index < -0.39 is 24.5 Å². The Morgan fingerprint density at radius 2 is 1.83 bits per heavy atom. The fourth-order valence-corrected chi connectivity index (χ4v) is 2.57. The van der Waals surface area contributed by atoms with Gasteiger partial charge in [0.05, 0.1) is 18.3 Å². The second-order valence-electron chi connectivity index (χ2n) is 6.22. The monoisotopic (exact) mass is 406 g/mol. The third-order valence-corrected chi connectivity index (χ3v) is 4.05. The molecule has 0 saturated carbocycles. The molecule has 9 nitrogen and oxygen atoms in total. The van der Waals surface area contributed by atoms with Gasteiger partial charge in [0, 0.05) is 35.2 Å². The van der Waals surface area contributed by atoms with E-state index in [9.17, 15) is 9.59 Å². The van der Waals surface area contributed by atoms with Crippen molar-refractivity contribution in [2.45, 2.75) is 12.5 Å². The highest BCUT2D eigenvalue weighted by atomic mass is 16.4. The largest absolute Gasteiger partial charge is 0.481 e. The molecule has 2 aromatic carbocycles. The number of carboxylic acids is 2. The van der Waals surface area contributed by atoms with Crippen LogP contribution in [0.5, 0.6) is 0 Å². The summed E-state index contributed by atoms with van der Waals surface area (Å²) in [5, 5.41) is 25.2. The van der Waals surface area contributed by atoms with Gasteiger partial charge >= 0.3 is 11.9 Å². The van der Waals surface area contributed by atoms with Gasteiger partial charge in [0.15, 0.2) is 11.9 Å². The van der Waals surface area contributed by atoms with Crippen molar-refractivity contribution in [3.05, 3.63) is 73.4 Å². The van der Waals surface area contributed by atoms with Crippen LogP contribution in [0.3, 0.4) is 0 Å². The number of aliphatic hydroxyl groups is 1. The molecule has 2 heterocycles. The molecule has 1 unspecified atom stereocenters. The molecule has 152 valence electrons. The number of hydrogen-bond acceptors (Lipinski definition) is 6. The molecular formula is C21H18N4O5. The number of imidazole rings is 1. The van der Waals surface area contributed by atoms with Crippen molar-refractivity contribution in [2.75, 3.05) is 0 Å². The van der Waals surface area contributed by atoms with Crippen LogP contribution in [-0.4, -0.2) is 52.9 Å². The van der Waals surface area contributed by atoms with E-state index in [4.69, 9.17) is 15.3 Å². The van der Waals surface area contributed by atoms with Gasteiger partial charge in [-0.15, -0.1) is 0 Å². The van der Waals surface area contributed by atoms with E-state index in [2.05, 4.69) is 21.0 Å². The second-order valence-corrected chi connectivity index (χ2v) is 6.22. The zero-order valence-electron chi connectivity index (χ0n) is 15.7. The van der Waals surface area contributed by atoms with Crippen LogP contribution >= 0.6 is 0 Å². The summed E-state index contributed by atoms with van der Waals surface area (Å²) in [7, 11) is 0. The molecule has 0 aliphatic heterocycles. The SMILES string of the molecule is O=C(O)CC(O)C(=O)O.c1ccc(-c2ncc3cc(-n4ccnc4)ccc3n2)cc1. The fourth-order valence-electron chi connectivity index (χ4n) is 2.57. The van der Waals surface area contributed by atoms with Crippen LogP contribution in [0.2, 0.25) is 0 Å². The van der Waals surface area contributed by atoms with E-state index in [0.717, 1.165) is 28.0 Å². The summed E-state index contributed by atoms with van der Waals surface area (Å²) < 4.78 is 1.96. The molecule has 4 aromatic rings. The van der Waals surface area contributed by atoms with Gasteiger partial charge in [0.25, 0.3) is 0 Å². The van der Waals surface area contributed by atoms with Crippen molar-refractivity contribution in [1.29, 1.82) is 0 Å². The molecule has 0 fully saturated rings. The Bertz CT molecular complexity index is 1150. The summed E-state index contributed by atoms with van der Waals surface area (Å²) in [6, 6.07) is 16.1.